The molecule has 2 aromatic carbocycles. The molecule has 4 nitrogen and oxygen atoms in total. The van der Waals surface area contributed by atoms with Gasteiger partial charge in [0.2, 0.25) is 5.91 Å². The summed E-state index contributed by atoms with van der Waals surface area (Å²) in [6.45, 7) is 0.787. The van der Waals surface area contributed by atoms with Gasteiger partial charge in [0.1, 0.15) is 5.82 Å². The van der Waals surface area contributed by atoms with Crippen LogP contribution in [0, 0.1) is 29.0 Å². The minimum absolute atomic E-state index is 0.0603. The Labute approximate surface area is 200 Å². The van der Waals surface area contributed by atoms with Crippen LogP contribution in [-0.4, -0.2) is 22.8 Å². The Morgan fingerprint density at radius 2 is 1.53 bits per heavy atom. The van der Waals surface area contributed by atoms with E-state index in [-0.39, 0.29) is 29.1 Å². The van der Waals surface area contributed by atoms with Gasteiger partial charge in [0.05, 0.1) is 0 Å². The fourth-order valence-corrected chi connectivity index (χ4v) is 7.25. The molecule has 0 heterocycles. The number of nitrogens with one attached hydrogen (secondary N) is 1. The highest BCUT2D eigenvalue weighted by Crippen LogP contribution is 2.60. The minimum atomic E-state index is -0.272. The first-order chi connectivity index (χ1) is 16.5. The standard InChI is InChI=1S/C29H33FN2O2/c30-26-4-2-1-3-24(26)18-32(25-9-10-25)27(33)23-7-5-19(6-8-23)17-31-28(34)29-14-20-11-21(15-29)13-22(12-20)16-29/h1-8,20-22,25H,9-18H2,(H,31,34). The van der Waals surface area contributed by atoms with Gasteiger partial charge in [0, 0.05) is 35.7 Å². The Bertz CT molecular complexity index is 1060. The van der Waals surface area contributed by atoms with Crippen molar-refractivity contribution < 1.29 is 14.0 Å². The second-order valence-electron chi connectivity index (χ2n) is 11.3. The summed E-state index contributed by atoms with van der Waals surface area (Å²) in [4.78, 5) is 28.2. The first kappa shape index (κ1) is 21.8. The summed E-state index contributed by atoms with van der Waals surface area (Å²) in [5.74, 6) is 2.15. The molecule has 0 spiro atoms. The number of amides is 2. The summed E-state index contributed by atoms with van der Waals surface area (Å²) in [5.41, 5.74) is 2.02. The lowest BCUT2D eigenvalue weighted by atomic mass is 9.49. The molecular formula is C29H33FN2O2. The average Bonchev–Trinajstić information content (AvgIpc) is 3.66. The molecule has 0 atom stereocenters. The summed E-state index contributed by atoms with van der Waals surface area (Å²) in [7, 11) is 0. The molecule has 0 aliphatic heterocycles. The topological polar surface area (TPSA) is 49.4 Å². The molecule has 0 aromatic heterocycles. The minimum Gasteiger partial charge on any atom is -0.352 e. The molecule has 0 unspecified atom stereocenters. The Morgan fingerprint density at radius 1 is 0.912 bits per heavy atom. The second kappa shape index (κ2) is 8.51. The van der Waals surface area contributed by atoms with E-state index >= 15 is 0 Å². The summed E-state index contributed by atoms with van der Waals surface area (Å²) >= 11 is 0. The maximum atomic E-state index is 14.2. The van der Waals surface area contributed by atoms with Gasteiger partial charge in [-0.1, -0.05) is 30.3 Å². The van der Waals surface area contributed by atoms with Gasteiger partial charge in [-0.3, -0.25) is 9.59 Å². The molecule has 0 saturated heterocycles. The van der Waals surface area contributed by atoms with E-state index in [0.29, 0.717) is 24.2 Å². The lowest BCUT2D eigenvalue weighted by Gasteiger charge is -2.55. The van der Waals surface area contributed by atoms with E-state index in [1.54, 1.807) is 23.1 Å². The van der Waals surface area contributed by atoms with E-state index in [2.05, 4.69) is 5.32 Å². The van der Waals surface area contributed by atoms with Crippen molar-refractivity contribution in [1.82, 2.24) is 10.2 Å². The third-order valence-electron chi connectivity index (χ3n) is 8.72. The molecule has 1 N–H and O–H groups in total. The number of carbonyl (C=O) groups excluding carboxylic acids is 2. The molecule has 178 valence electrons. The average molecular weight is 461 g/mol. The van der Waals surface area contributed by atoms with Crippen molar-refractivity contribution in [3.8, 4) is 0 Å². The van der Waals surface area contributed by atoms with Crippen molar-refractivity contribution in [2.24, 2.45) is 23.2 Å². The fourth-order valence-electron chi connectivity index (χ4n) is 7.25. The van der Waals surface area contributed by atoms with Crippen molar-refractivity contribution in [1.29, 1.82) is 0 Å². The predicted molar refractivity (Wildman–Crippen MR) is 128 cm³/mol. The van der Waals surface area contributed by atoms with Crippen LogP contribution in [0.3, 0.4) is 0 Å². The Kier molecular flexibility index (Phi) is 5.46. The van der Waals surface area contributed by atoms with E-state index in [4.69, 9.17) is 0 Å². The van der Waals surface area contributed by atoms with Crippen LogP contribution in [0.4, 0.5) is 4.39 Å². The van der Waals surface area contributed by atoms with Crippen LogP contribution in [0.2, 0.25) is 0 Å². The lowest BCUT2D eigenvalue weighted by Crippen LogP contribution is -2.53. The van der Waals surface area contributed by atoms with Crippen LogP contribution in [0.25, 0.3) is 0 Å². The van der Waals surface area contributed by atoms with Gasteiger partial charge >= 0.3 is 0 Å². The maximum absolute atomic E-state index is 14.2. The molecule has 34 heavy (non-hydrogen) atoms. The van der Waals surface area contributed by atoms with E-state index in [0.717, 1.165) is 55.4 Å². The molecule has 2 aromatic rings. The van der Waals surface area contributed by atoms with E-state index < -0.39 is 0 Å². The first-order valence-electron chi connectivity index (χ1n) is 12.9. The number of hydrogen-bond donors (Lipinski definition) is 1. The Morgan fingerprint density at radius 3 is 2.12 bits per heavy atom. The highest BCUT2D eigenvalue weighted by molar-refractivity contribution is 5.94. The summed E-state index contributed by atoms with van der Waals surface area (Å²) < 4.78 is 14.2. The van der Waals surface area contributed by atoms with Gasteiger partial charge in [0.25, 0.3) is 5.91 Å². The quantitative estimate of drug-likeness (QED) is 0.596. The molecule has 7 rings (SSSR count). The van der Waals surface area contributed by atoms with Gasteiger partial charge in [-0.15, -0.1) is 0 Å². The van der Waals surface area contributed by atoms with Gasteiger partial charge in [-0.2, -0.15) is 0 Å². The molecule has 0 radical (unpaired) electrons. The number of nitrogens with zero attached hydrogens (tertiary/aromatic N) is 1. The zero-order chi connectivity index (χ0) is 23.3. The van der Waals surface area contributed by atoms with Crippen LogP contribution < -0.4 is 5.32 Å². The van der Waals surface area contributed by atoms with Gasteiger partial charge in [0.15, 0.2) is 0 Å². The number of halogens is 1. The van der Waals surface area contributed by atoms with Crippen LogP contribution in [0.5, 0.6) is 0 Å². The van der Waals surface area contributed by atoms with Crippen molar-refractivity contribution in [2.45, 2.75) is 70.5 Å². The Hall–Kier alpha value is -2.69. The summed E-state index contributed by atoms with van der Waals surface area (Å²) in [5, 5.41) is 3.22. The number of rotatable bonds is 7. The monoisotopic (exact) mass is 460 g/mol. The first-order valence-corrected chi connectivity index (χ1v) is 12.9. The molecule has 4 bridgehead atoms. The van der Waals surface area contributed by atoms with Crippen LogP contribution in [0.1, 0.15) is 72.9 Å². The molecule has 2 amide bonds. The van der Waals surface area contributed by atoms with Crippen molar-refractivity contribution in [3.05, 3.63) is 71.0 Å². The zero-order valence-electron chi connectivity index (χ0n) is 19.6. The summed E-state index contributed by atoms with van der Waals surface area (Å²) in [6.07, 6.45) is 9.12. The van der Waals surface area contributed by atoms with Crippen molar-refractivity contribution in [3.63, 3.8) is 0 Å². The van der Waals surface area contributed by atoms with E-state index in [1.165, 1.54) is 25.3 Å². The van der Waals surface area contributed by atoms with E-state index in [9.17, 15) is 14.0 Å². The SMILES string of the molecule is O=C(c1ccc(CNC(=O)C23CC4CC(CC(C4)C2)C3)cc1)N(Cc1ccccc1F)C1CC1. The fraction of sp³-hybridized carbons (Fsp3) is 0.517. The normalized spacial score (nSPS) is 29.1. The van der Waals surface area contributed by atoms with Gasteiger partial charge in [-0.25, -0.2) is 4.39 Å². The van der Waals surface area contributed by atoms with E-state index in [1.807, 2.05) is 24.3 Å². The second-order valence-corrected chi connectivity index (χ2v) is 11.3. The number of hydrogen-bond acceptors (Lipinski definition) is 2. The molecule has 5 aliphatic carbocycles. The maximum Gasteiger partial charge on any atom is 0.254 e. The Balaban J connectivity index is 1.09. The third kappa shape index (κ3) is 4.14. The predicted octanol–water partition coefficient (Wildman–Crippen LogP) is 5.46. The van der Waals surface area contributed by atoms with Gasteiger partial charge in [-0.05, 0) is 92.9 Å². The highest BCUT2D eigenvalue weighted by atomic mass is 19.1. The molecule has 5 fully saturated rings. The molecule has 5 aliphatic rings. The lowest BCUT2D eigenvalue weighted by molar-refractivity contribution is -0.146. The van der Waals surface area contributed by atoms with Gasteiger partial charge < -0.3 is 10.2 Å². The number of benzene rings is 2. The molecule has 5 heteroatoms. The summed E-state index contributed by atoms with van der Waals surface area (Å²) in [6, 6.07) is 14.4. The smallest absolute Gasteiger partial charge is 0.254 e. The molecule has 5 saturated carbocycles. The number of carbonyl (C=O) groups is 2. The third-order valence-corrected chi connectivity index (χ3v) is 8.72. The van der Waals surface area contributed by atoms with Crippen molar-refractivity contribution >= 4 is 11.8 Å². The largest absolute Gasteiger partial charge is 0.352 e. The van der Waals surface area contributed by atoms with Crippen LogP contribution >= 0.6 is 0 Å². The zero-order valence-corrected chi connectivity index (χ0v) is 19.6. The highest BCUT2D eigenvalue weighted by Gasteiger charge is 2.54. The van der Waals surface area contributed by atoms with Crippen LogP contribution in [0.15, 0.2) is 48.5 Å². The van der Waals surface area contributed by atoms with Crippen molar-refractivity contribution in [2.75, 3.05) is 0 Å². The molecular weight excluding hydrogens is 427 g/mol. The van der Waals surface area contributed by atoms with Crippen LogP contribution in [-0.2, 0) is 17.9 Å².